The number of nitrogens with one attached hydrogen (secondary N) is 1. The van der Waals surface area contributed by atoms with Crippen molar-refractivity contribution in [1.82, 2.24) is 40.1 Å². The molecule has 0 spiro atoms. The molecule has 44 heavy (non-hydrogen) atoms. The quantitative estimate of drug-likeness (QED) is 0.237. The third kappa shape index (κ3) is 6.95. The lowest BCUT2D eigenvalue weighted by molar-refractivity contribution is 0.115. The molecule has 228 valence electrons. The largest absolute Gasteiger partial charge is 0.504 e. The molecule has 1 saturated carbocycles. The van der Waals surface area contributed by atoms with Crippen molar-refractivity contribution in [3.05, 3.63) is 42.7 Å². The normalized spacial score (nSPS) is 16.1. The first-order valence-corrected chi connectivity index (χ1v) is 13.8. The molecule has 16 nitrogen and oxygen atoms in total. The number of aromatic hydroxyl groups is 1. The van der Waals surface area contributed by atoms with Crippen LogP contribution in [0.4, 0.5) is 10.6 Å². The number of amides is 1. The fraction of sp³-hybridized carbons (Fsp3) is 0.393. The van der Waals surface area contributed by atoms with E-state index in [0.29, 0.717) is 55.8 Å². The molecule has 2 N–H and O–H groups in total. The molecule has 4 aromatic rings. The maximum Gasteiger partial charge on any atom is 0.415 e. The van der Waals surface area contributed by atoms with E-state index in [0.717, 1.165) is 0 Å². The van der Waals surface area contributed by atoms with Gasteiger partial charge in [-0.15, -0.1) is 0 Å². The van der Waals surface area contributed by atoms with Gasteiger partial charge in [-0.25, -0.2) is 24.7 Å². The first kappa shape index (κ1) is 30.0. The Hall–Kier alpha value is -5.43. The monoisotopic (exact) mass is 602 g/mol. The van der Waals surface area contributed by atoms with Gasteiger partial charge in [-0.3, -0.25) is 15.0 Å². The van der Waals surface area contributed by atoms with E-state index in [1.165, 1.54) is 30.6 Å². The van der Waals surface area contributed by atoms with Gasteiger partial charge in [0.25, 0.3) is 0 Å². The third-order valence-electron chi connectivity index (χ3n) is 6.93. The number of hydrogen-bond donors (Lipinski definition) is 2. The molecule has 0 aromatic carbocycles. The van der Waals surface area contributed by atoms with Gasteiger partial charge in [-0.2, -0.15) is 15.3 Å². The van der Waals surface area contributed by atoms with Crippen LogP contribution >= 0.6 is 0 Å². The Morgan fingerprint density at radius 2 is 1.77 bits per heavy atom. The predicted octanol–water partition coefficient (Wildman–Crippen LogP) is 3.07. The van der Waals surface area contributed by atoms with Crippen molar-refractivity contribution >= 4 is 11.9 Å². The first-order chi connectivity index (χ1) is 21.5. The molecule has 0 bridgehead atoms. The summed E-state index contributed by atoms with van der Waals surface area (Å²) in [5.41, 5.74) is 1.72. The van der Waals surface area contributed by atoms with Crippen molar-refractivity contribution in [2.24, 2.45) is 0 Å². The molecule has 4 heterocycles. The van der Waals surface area contributed by atoms with E-state index < -0.39 is 6.09 Å². The van der Waals surface area contributed by atoms with Crippen LogP contribution in [-0.2, 0) is 9.47 Å². The third-order valence-corrected chi connectivity index (χ3v) is 6.93. The first-order valence-electron chi connectivity index (χ1n) is 13.8. The van der Waals surface area contributed by atoms with E-state index in [9.17, 15) is 15.2 Å². The molecule has 1 aliphatic rings. The zero-order valence-corrected chi connectivity index (χ0v) is 24.1. The zero-order valence-electron chi connectivity index (χ0n) is 24.1. The Morgan fingerprint density at radius 1 is 1.00 bits per heavy atom. The summed E-state index contributed by atoms with van der Waals surface area (Å²) in [6.45, 7) is 0.661. The molecule has 0 radical (unpaired) electrons. The topological polar surface area (TPSA) is 207 Å². The number of carbonyl (C=O) groups excluding carboxylic acids is 1. The lowest BCUT2D eigenvalue weighted by atomic mass is 9.92. The lowest BCUT2D eigenvalue weighted by Gasteiger charge is -2.35. The molecule has 0 saturated heterocycles. The molecular weight excluding hydrogens is 572 g/mol. The van der Waals surface area contributed by atoms with E-state index in [4.69, 9.17) is 18.9 Å². The molecule has 16 heteroatoms. The Morgan fingerprint density at radius 3 is 2.41 bits per heavy atom. The van der Waals surface area contributed by atoms with Gasteiger partial charge >= 0.3 is 18.1 Å². The Balaban J connectivity index is 1.28. The summed E-state index contributed by atoms with van der Waals surface area (Å²) in [7, 11) is 3.07. The molecular formula is C28H30N10O6. The maximum absolute atomic E-state index is 13.3. The van der Waals surface area contributed by atoms with Crippen LogP contribution in [0.5, 0.6) is 17.8 Å². The number of nitriles is 1. The van der Waals surface area contributed by atoms with Crippen molar-refractivity contribution in [2.75, 3.05) is 32.3 Å². The van der Waals surface area contributed by atoms with Crippen LogP contribution in [0.2, 0.25) is 0 Å². The van der Waals surface area contributed by atoms with Crippen LogP contribution in [0.3, 0.4) is 0 Å². The number of hydrogen-bond acceptors (Lipinski definition) is 14. The summed E-state index contributed by atoms with van der Waals surface area (Å²) in [5.74, 6) is 0.207. The summed E-state index contributed by atoms with van der Waals surface area (Å²) in [4.78, 5) is 40.6. The Labute approximate surface area is 252 Å². The van der Waals surface area contributed by atoms with Crippen LogP contribution in [0.1, 0.15) is 37.7 Å². The summed E-state index contributed by atoms with van der Waals surface area (Å²) in [5, 5.41) is 25.9. The van der Waals surface area contributed by atoms with Gasteiger partial charge in [0.15, 0.2) is 11.6 Å². The van der Waals surface area contributed by atoms with Crippen molar-refractivity contribution in [3.8, 4) is 46.5 Å². The molecule has 1 aliphatic carbocycles. The number of carbonyl (C=O) groups is 1. The van der Waals surface area contributed by atoms with Gasteiger partial charge in [0.2, 0.25) is 0 Å². The Kier molecular flexibility index (Phi) is 9.67. The summed E-state index contributed by atoms with van der Waals surface area (Å²) >= 11 is 0. The zero-order chi connectivity index (χ0) is 30.9. The number of rotatable bonds is 11. The number of nitrogens with zero attached hydrogens (tertiary/aromatic N) is 9. The van der Waals surface area contributed by atoms with E-state index in [1.807, 2.05) is 6.07 Å². The number of aromatic nitrogens is 8. The number of aromatic amines is 1. The summed E-state index contributed by atoms with van der Waals surface area (Å²) in [6.07, 6.45) is 10.9. The molecule has 1 fully saturated rings. The average molecular weight is 603 g/mol. The lowest BCUT2D eigenvalue weighted by Crippen LogP contribution is -2.45. The van der Waals surface area contributed by atoms with Crippen LogP contribution in [0, 0.1) is 11.3 Å². The highest BCUT2D eigenvalue weighted by Crippen LogP contribution is 2.31. The minimum absolute atomic E-state index is 0.0647. The van der Waals surface area contributed by atoms with Gasteiger partial charge in [-0.1, -0.05) is 0 Å². The second kappa shape index (κ2) is 14.2. The molecule has 0 atom stereocenters. The van der Waals surface area contributed by atoms with E-state index >= 15 is 0 Å². The fourth-order valence-corrected chi connectivity index (χ4v) is 4.73. The Bertz CT molecular complexity index is 1580. The van der Waals surface area contributed by atoms with E-state index in [-0.39, 0.29) is 53.5 Å². The van der Waals surface area contributed by atoms with Crippen molar-refractivity contribution in [1.29, 1.82) is 5.26 Å². The van der Waals surface area contributed by atoms with Gasteiger partial charge in [0, 0.05) is 44.1 Å². The second-order valence-corrected chi connectivity index (χ2v) is 9.75. The fourth-order valence-electron chi connectivity index (χ4n) is 4.73. The highest BCUT2D eigenvalue weighted by atomic mass is 16.6. The number of ether oxygens (including phenoxy) is 4. The van der Waals surface area contributed by atoms with Gasteiger partial charge in [0.05, 0.1) is 49.8 Å². The molecule has 5 rings (SSSR count). The summed E-state index contributed by atoms with van der Waals surface area (Å²) < 4.78 is 21.7. The second-order valence-electron chi connectivity index (χ2n) is 9.75. The van der Waals surface area contributed by atoms with Gasteiger partial charge < -0.3 is 24.1 Å². The number of H-pyrrole nitrogens is 1. The molecule has 4 aromatic heterocycles. The summed E-state index contributed by atoms with van der Waals surface area (Å²) in [6, 6.07) is 2.08. The van der Waals surface area contributed by atoms with Gasteiger partial charge in [0.1, 0.15) is 23.6 Å². The highest BCUT2D eigenvalue weighted by Gasteiger charge is 2.33. The van der Waals surface area contributed by atoms with Gasteiger partial charge in [-0.05, 0) is 25.7 Å². The van der Waals surface area contributed by atoms with Crippen LogP contribution in [0.15, 0.2) is 37.2 Å². The van der Waals surface area contributed by atoms with Crippen molar-refractivity contribution < 1.29 is 28.8 Å². The standard InChI is InChI=1S/C28H30N10O6/c1-41-8-3-9-43-28(40)38(23-16-30-21(14-31-23)18-12-32-26(42-2)33-13-18)19-4-6-20(7-5-19)44-27-34-11-17(10-29)24(36-27)25-22(39)15-35-37-25/h11-16,19-20,39H,3-9H2,1-2H3,(H,35,37). The SMILES string of the molecule is COCCCOC(=O)N(c1cnc(-c2cnc(OC)nc2)cn1)C1CCC(Oc2ncc(C#N)c(-c3[nH]ncc3O)n2)CC1. The molecule has 0 unspecified atom stereocenters. The van der Waals surface area contributed by atoms with E-state index in [1.54, 1.807) is 25.7 Å². The van der Waals surface area contributed by atoms with Crippen molar-refractivity contribution in [3.63, 3.8) is 0 Å². The van der Waals surface area contributed by atoms with Crippen LogP contribution in [0.25, 0.3) is 22.6 Å². The minimum Gasteiger partial charge on any atom is -0.504 e. The van der Waals surface area contributed by atoms with E-state index in [2.05, 4.69) is 40.1 Å². The number of anilines is 1. The highest BCUT2D eigenvalue weighted by molar-refractivity contribution is 5.87. The smallest absolute Gasteiger partial charge is 0.415 e. The minimum atomic E-state index is -0.528. The molecule has 0 aliphatic heterocycles. The average Bonchev–Trinajstić information content (AvgIpc) is 3.50. The molecule has 1 amide bonds. The van der Waals surface area contributed by atoms with Crippen LogP contribution in [-0.4, -0.2) is 90.9 Å². The van der Waals surface area contributed by atoms with Crippen LogP contribution < -0.4 is 14.4 Å². The van der Waals surface area contributed by atoms with Crippen molar-refractivity contribution in [2.45, 2.75) is 44.2 Å². The maximum atomic E-state index is 13.3. The number of methoxy groups -OCH3 is 2. The predicted molar refractivity (Wildman–Crippen MR) is 153 cm³/mol.